The number of ether oxygens (including phenoxy) is 2. The number of hydrogen-bond acceptors (Lipinski definition) is 4. The third-order valence-corrected chi connectivity index (χ3v) is 2.02. The summed E-state index contributed by atoms with van der Waals surface area (Å²) < 4.78 is 10.3. The number of nitrogens with one attached hydrogen (secondary N) is 2. The van der Waals surface area contributed by atoms with Gasteiger partial charge in [-0.3, -0.25) is 0 Å². The Labute approximate surface area is 86.3 Å². The maximum Gasteiger partial charge on any atom is 0.319 e. The van der Waals surface area contributed by atoms with Crippen LogP contribution in [0.1, 0.15) is 0 Å². The summed E-state index contributed by atoms with van der Waals surface area (Å²) >= 11 is 0. The fraction of sp³-hybridized carbons (Fsp3) is 0.222. The average Bonchev–Trinajstić information content (AvgIpc) is 2.65. The number of benzene rings is 1. The number of nitrogens with two attached hydrogens (primary N) is 1. The van der Waals surface area contributed by atoms with E-state index >= 15 is 0 Å². The molecular weight excluding hydrogens is 198 g/mol. The van der Waals surface area contributed by atoms with Crippen LogP contribution in [-0.2, 0) is 0 Å². The molecule has 6 heteroatoms. The first-order valence-electron chi connectivity index (χ1n) is 4.38. The van der Waals surface area contributed by atoms with Crippen LogP contribution in [0.25, 0.3) is 0 Å². The van der Waals surface area contributed by atoms with Crippen LogP contribution in [0.2, 0.25) is 0 Å². The van der Waals surface area contributed by atoms with Crippen molar-refractivity contribution < 1.29 is 14.3 Å². The second-order valence-electron chi connectivity index (χ2n) is 3.00. The molecule has 0 aliphatic carbocycles. The predicted molar refractivity (Wildman–Crippen MR) is 55.1 cm³/mol. The highest BCUT2D eigenvalue weighted by molar-refractivity contribution is 5.93. The Morgan fingerprint density at radius 3 is 2.73 bits per heavy atom. The maximum absolute atomic E-state index is 11.1. The van der Waals surface area contributed by atoms with Crippen LogP contribution in [0.5, 0.6) is 11.5 Å². The van der Waals surface area contributed by atoms with Gasteiger partial charge in [-0.1, -0.05) is 0 Å². The molecule has 6 nitrogen and oxygen atoms in total. The summed E-state index contributed by atoms with van der Waals surface area (Å²) in [5.74, 6) is 1.17. The SMILES string of the molecule is CNC(=O)Nc1cc2c(cc1N)OCO2. The summed E-state index contributed by atoms with van der Waals surface area (Å²) in [6.45, 7) is 0.179. The van der Waals surface area contributed by atoms with E-state index in [-0.39, 0.29) is 12.8 Å². The first-order chi connectivity index (χ1) is 7.20. The Bertz CT molecular complexity index is 406. The van der Waals surface area contributed by atoms with Crippen LogP contribution in [-0.4, -0.2) is 19.9 Å². The van der Waals surface area contributed by atoms with Gasteiger partial charge in [-0.05, 0) is 0 Å². The molecule has 1 aliphatic heterocycles. The lowest BCUT2D eigenvalue weighted by molar-refractivity contribution is 0.174. The smallest absolute Gasteiger partial charge is 0.319 e. The number of amides is 2. The Balaban J connectivity index is 2.28. The number of rotatable bonds is 1. The van der Waals surface area contributed by atoms with E-state index in [0.29, 0.717) is 22.9 Å². The lowest BCUT2D eigenvalue weighted by atomic mass is 10.2. The highest BCUT2D eigenvalue weighted by Crippen LogP contribution is 2.38. The fourth-order valence-corrected chi connectivity index (χ4v) is 1.25. The molecule has 4 N–H and O–H groups in total. The Morgan fingerprint density at radius 1 is 1.40 bits per heavy atom. The molecule has 0 saturated heterocycles. The lowest BCUT2D eigenvalue weighted by Gasteiger charge is -2.08. The van der Waals surface area contributed by atoms with Crippen molar-refractivity contribution in [3.8, 4) is 11.5 Å². The molecule has 0 bridgehead atoms. The van der Waals surface area contributed by atoms with Crippen molar-refractivity contribution in [2.24, 2.45) is 0 Å². The van der Waals surface area contributed by atoms with E-state index in [0.717, 1.165) is 0 Å². The lowest BCUT2D eigenvalue weighted by Crippen LogP contribution is -2.24. The molecule has 80 valence electrons. The van der Waals surface area contributed by atoms with Crippen LogP contribution < -0.4 is 25.8 Å². The fourth-order valence-electron chi connectivity index (χ4n) is 1.25. The molecule has 1 aliphatic rings. The van der Waals surface area contributed by atoms with Crippen molar-refractivity contribution >= 4 is 17.4 Å². The minimum absolute atomic E-state index is 0.179. The van der Waals surface area contributed by atoms with Gasteiger partial charge in [0, 0.05) is 19.2 Å². The molecule has 0 aromatic heterocycles. The largest absolute Gasteiger partial charge is 0.454 e. The van der Waals surface area contributed by atoms with Crippen molar-refractivity contribution in [2.75, 3.05) is 24.9 Å². The predicted octanol–water partition coefficient (Wildman–Crippen LogP) is 0.749. The molecule has 0 unspecified atom stereocenters. The molecule has 2 amide bonds. The van der Waals surface area contributed by atoms with Gasteiger partial charge in [-0.25, -0.2) is 4.79 Å². The Kier molecular flexibility index (Phi) is 2.24. The summed E-state index contributed by atoms with van der Waals surface area (Å²) in [4.78, 5) is 11.1. The van der Waals surface area contributed by atoms with Crippen molar-refractivity contribution in [1.29, 1.82) is 0 Å². The van der Waals surface area contributed by atoms with E-state index in [1.54, 1.807) is 12.1 Å². The summed E-state index contributed by atoms with van der Waals surface area (Å²) in [5.41, 5.74) is 6.65. The van der Waals surface area contributed by atoms with Crippen LogP contribution in [0.3, 0.4) is 0 Å². The minimum Gasteiger partial charge on any atom is -0.454 e. The molecule has 1 aromatic carbocycles. The molecule has 1 heterocycles. The number of nitrogen functional groups attached to an aromatic ring is 1. The van der Waals surface area contributed by atoms with Gasteiger partial charge in [0.1, 0.15) is 0 Å². The molecule has 2 rings (SSSR count). The summed E-state index contributed by atoms with van der Waals surface area (Å²) in [6.07, 6.45) is 0. The second kappa shape index (κ2) is 3.56. The van der Waals surface area contributed by atoms with E-state index in [4.69, 9.17) is 15.2 Å². The van der Waals surface area contributed by atoms with Crippen LogP contribution >= 0.6 is 0 Å². The van der Waals surface area contributed by atoms with E-state index in [1.807, 2.05) is 0 Å². The molecule has 0 spiro atoms. The van der Waals surface area contributed by atoms with Gasteiger partial charge in [-0.2, -0.15) is 0 Å². The number of urea groups is 1. The Hall–Kier alpha value is -2.11. The third-order valence-electron chi connectivity index (χ3n) is 2.02. The van der Waals surface area contributed by atoms with Gasteiger partial charge in [0.15, 0.2) is 11.5 Å². The highest BCUT2D eigenvalue weighted by atomic mass is 16.7. The van der Waals surface area contributed by atoms with Crippen molar-refractivity contribution in [1.82, 2.24) is 5.32 Å². The number of carbonyl (C=O) groups is 1. The summed E-state index contributed by atoms with van der Waals surface area (Å²) in [6, 6.07) is 2.92. The molecule has 1 aromatic rings. The zero-order chi connectivity index (χ0) is 10.8. The van der Waals surface area contributed by atoms with Gasteiger partial charge in [0.25, 0.3) is 0 Å². The van der Waals surface area contributed by atoms with E-state index in [1.165, 1.54) is 7.05 Å². The third kappa shape index (κ3) is 1.74. The van der Waals surface area contributed by atoms with Gasteiger partial charge in [0.05, 0.1) is 11.4 Å². The molecule has 0 atom stereocenters. The van der Waals surface area contributed by atoms with Gasteiger partial charge in [-0.15, -0.1) is 0 Å². The van der Waals surface area contributed by atoms with Crippen LogP contribution in [0, 0.1) is 0 Å². The van der Waals surface area contributed by atoms with Crippen molar-refractivity contribution in [3.05, 3.63) is 12.1 Å². The molecule has 0 radical (unpaired) electrons. The number of carbonyl (C=O) groups excluding carboxylic acids is 1. The number of hydrogen-bond donors (Lipinski definition) is 3. The molecule has 0 saturated carbocycles. The quantitative estimate of drug-likeness (QED) is 0.596. The van der Waals surface area contributed by atoms with Gasteiger partial charge in [0.2, 0.25) is 6.79 Å². The van der Waals surface area contributed by atoms with Crippen LogP contribution in [0.4, 0.5) is 16.2 Å². The summed E-state index contributed by atoms with van der Waals surface area (Å²) in [7, 11) is 1.53. The van der Waals surface area contributed by atoms with Gasteiger partial charge >= 0.3 is 6.03 Å². The zero-order valence-electron chi connectivity index (χ0n) is 8.16. The molecule has 15 heavy (non-hydrogen) atoms. The highest BCUT2D eigenvalue weighted by Gasteiger charge is 2.16. The van der Waals surface area contributed by atoms with Gasteiger partial charge < -0.3 is 25.8 Å². The van der Waals surface area contributed by atoms with Crippen molar-refractivity contribution in [3.63, 3.8) is 0 Å². The first-order valence-corrected chi connectivity index (χ1v) is 4.38. The standard InChI is InChI=1S/C9H11N3O3/c1-11-9(13)12-6-3-8-7(2-5(6)10)14-4-15-8/h2-3H,4,10H2,1H3,(H2,11,12,13). The van der Waals surface area contributed by atoms with E-state index in [9.17, 15) is 4.79 Å². The molecule has 0 fully saturated rings. The minimum atomic E-state index is -0.333. The average molecular weight is 209 g/mol. The normalized spacial score (nSPS) is 12.3. The second-order valence-corrected chi connectivity index (χ2v) is 3.00. The number of anilines is 2. The zero-order valence-corrected chi connectivity index (χ0v) is 8.16. The monoisotopic (exact) mass is 209 g/mol. The van der Waals surface area contributed by atoms with Crippen molar-refractivity contribution in [2.45, 2.75) is 0 Å². The molecular formula is C9H11N3O3. The van der Waals surface area contributed by atoms with E-state index < -0.39 is 0 Å². The first kappa shape index (κ1) is 9.45. The van der Waals surface area contributed by atoms with E-state index in [2.05, 4.69) is 10.6 Å². The maximum atomic E-state index is 11.1. The summed E-state index contributed by atoms with van der Waals surface area (Å²) in [5, 5.41) is 5.01. The Morgan fingerprint density at radius 2 is 2.07 bits per heavy atom. The number of fused-ring (bicyclic) bond motifs is 1. The van der Waals surface area contributed by atoms with Crippen LogP contribution in [0.15, 0.2) is 12.1 Å². The topological polar surface area (TPSA) is 85.6 Å².